The summed E-state index contributed by atoms with van der Waals surface area (Å²) in [6.07, 6.45) is 25.8. The normalized spacial score (nSPS) is 12.7. The van der Waals surface area contributed by atoms with Crippen LogP contribution in [-0.4, -0.2) is 51.2 Å². The second kappa shape index (κ2) is 29.0. The van der Waals surface area contributed by atoms with Crippen LogP contribution in [0.2, 0.25) is 0 Å². The van der Waals surface area contributed by atoms with Crippen molar-refractivity contribution in [3.8, 4) is 0 Å². The quantitative estimate of drug-likeness (QED) is 0.0416. The number of benzene rings is 1. The zero-order valence-electron chi connectivity index (χ0n) is 30.3. The van der Waals surface area contributed by atoms with Crippen molar-refractivity contribution in [2.24, 2.45) is 0 Å². The molecule has 1 aromatic rings. The maximum atomic E-state index is 11.3. The number of likely N-dealkylation sites (N-methyl/N-ethyl adjacent to an activating group) is 1. The van der Waals surface area contributed by atoms with E-state index in [1.807, 2.05) is 27.2 Å². The van der Waals surface area contributed by atoms with Crippen molar-refractivity contribution in [2.45, 2.75) is 166 Å². The fourth-order valence-corrected chi connectivity index (χ4v) is 6.88. The summed E-state index contributed by atoms with van der Waals surface area (Å²) in [5.41, 5.74) is 0.726. The fourth-order valence-electron chi connectivity index (χ4n) is 5.60. The van der Waals surface area contributed by atoms with Crippen molar-refractivity contribution in [3.63, 3.8) is 0 Å². The third kappa shape index (κ3) is 31.5. The van der Waals surface area contributed by atoms with E-state index in [0.29, 0.717) is 23.9 Å². The molecule has 0 saturated carbocycles. The molecule has 11 heteroatoms. The van der Waals surface area contributed by atoms with Gasteiger partial charge in [-0.2, -0.15) is 8.42 Å². The van der Waals surface area contributed by atoms with Gasteiger partial charge in [0.25, 0.3) is 10.1 Å². The number of phosphoric ester groups is 1. The zero-order chi connectivity index (χ0) is 34.0. The summed E-state index contributed by atoms with van der Waals surface area (Å²) in [6.45, 7) is 5.00. The molecule has 1 aromatic carbocycles. The molecule has 46 heavy (non-hydrogen) atoms. The Morgan fingerprint density at radius 1 is 0.717 bits per heavy atom. The molecule has 0 spiro atoms. The smallest absolute Gasteiger partial charge is 0.790 e. The average molecular weight is 700 g/mol. The summed E-state index contributed by atoms with van der Waals surface area (Å²) < 4.78 is 47.9. The number of nitrogens with zero attached hydrogens (tertiary/aromatic N) is 1. The van der Waals surface area contributed by atoms with Crippen molar-refractivity contribution in [1.82, 2.24) is 0 Å². The Bertz CT molecular complexity index is 999. The van der Waals surface area contributed by atoms with Gasteiger partial charge in [0.15, 0.2) is 0 Å². The van der Waals surface area contributed by atoms with E-state index in [1.165, 1.54) is 109 Å². The molecule has 0 fully saturated rings. The van der Waals surface area contributed by atoms with E-state index in [-0.39, 0.29) is 34.5 Å². The molecular formula is C35H67NNaO7PS. The summed E-state index contributed by atoms with van der Waals surface area (Å²) in [7, 11) is -3.09. The van der Waals surface area contributed by atoms with Crippen LogP contribution in [0.1, 0.15) is 154 Å². The van der Waals surface area contributed by atoms with Crippen LogP contribution in [0, 0.1) is 0 Å². The van der Waals surface area contributed by atoms with Crippen LogP contribution >= 0.6 is 7.82 Å². The molecule has 0 aliphatic carbocycles. The van der Waals surface area contributed by atoms with Crippen LogP contribution in [-0.2, 0) is 25.6 Å². The number of aryl methyl sites for hydroxylation is 1. The Hall–Kier alpha value is 0.200. The van der Waals surface area contributed by atoms with Crippen molar-refractivity contribution >= 4 is 17.9 Å². The number of hydrogen-bond donors (Lipinski definition) is 1. The van der Waals surface area contributed by atoms with Gasteiger partial charge in [0.05, 0.1) is 33.9 Å². The van der Waals surface area contributed by atoms with E-state index in [0.717, 1.165) is 31.2 Å². The van der Waals surface area contributed by atoms with Gasteiger partial charge >= 0.3 is 29.6 Å². The van der Waals surface area contributed by atoms with E-state index in [9.17, 15) is 27.3 Å². The molecule has 1 N–H and O–H groups in total. The van der Waals surface area contributed by atoms with E-state index >= 15 is 0 Å². The number of rotatable bonds is 27. The molecule has 1 atom stereocenters. The minimum absolute atomic E-state index is 0. The SMILES string of the molecule is CCCCCCCCCCCCC(C[N+](C)(C)C)OP(=O)([O-])[O-].CCCCCCCCCCCCc1ccccc1S(=O)(=O)O.[Na+]. The molecule has 8 nitrogen and oxygen atoms in total. The standard InChI is InChI=1S/C18H30O3S.C17H38NO4P.Na/c1-2-3-4-5-6-7-8-9-10-11-14-17-15-12-13-16-18(17)22(19,20)21;1-5-6-7-8-9-10-11-12-13-14-15-17(16-18(2,3)4)22-23(19,20)21;/h12-13,15-16H,2-11,14H2,1H3,(H,19,20,21);17H,5-16H2,1-4H3,(H-,19,20,21);/q;;+1/p-1. The molecule has 1 unspecified atom stereocenters. The Morgan fingerprint density at radius 2 is 1.11 bits per heavy atom. The Kier molecular flexibility index (Phi) is 30.4. The molecule has 0 aromatic heterocycles. The van der Waals surface area contributed by atoms with Crippen LogP contribution in [0.15, 0.2) is 29.2 Å². The van der Waals surface area contributed by atoms with E-state index in [4.69, 9.17) is 4.52 Å². The molecule has 1 rings (SSSR count). The Balaban J connectivity index is 0. The minimum atomic E-state index is -4.90. The van der Waals surface area contributed by atoms with Crippen molar-refractivity contribution in [3.05, 3.63) is 29.8 Å². The van der Waals surface area contributed by atoms with Crippen molar-refractivity contribution in [2.75, 3.05) is 27.7 Å². The predicted molar refractivity (Wildman–Crippen MR) is 184 cm³/mol. The topological polar surface area (TPSA) is 127 Å². The van der Waals surface area contributed by atoms with Gasteiger partial charge in [0.2, 0.25) is 0 Å². The number of phosphoric acid groups is 1. The Morgan fingerprint density at radius 3 is 1.50 bits per heavy atom. The maximum Gasteiger partial charge on any atom is 1.00 e. The summed E-state index contributed by atoms with van der Waals surface area (Å²) in [4.78, 5) is 21.8. The van der Waals surface area contributed by atoms with Gasteiger partial charge in [0, 0.05) is 0 Å². The number of hydrogen-bond acceptors (Lipinski definition) is 6. The van der Waals surface area contributed by atoms with Gasteiger partial charge in [0.1, 0.15) is 12.6 Å². The van der Waals surface area contributed by atoms with E-state index in [2.05, 4.69) is 13.8 Å². The summed E-state index contributed by atoms with van der Waals surface area (Å²) in [6, 6.07) is 6.73. The molecule has 0 aliphatic rings. The Labute approximate surface area is 305 Å². The second-order valence-electron chi connectivity index (χ2n) is 13.6. The predicted octanol–water partition coefficient (Wildman–Crippen LogP) is 5.62. The third-order valence-electron chi connectivity index (χ3n) is 7.96. The summed E-state index contributed by atoms with van der Waals surface area (Å²) >= 11 is 0. The number of quaternary nitrogens is 1. The first-order valence-corrected chi connectivity index (χ1v) is 20.7. The zero-order valence-corrected chi connectivity index (χ0v) is 34.1. The van der Waals surface area contributed by atoms with Crippen molar-refractivity contribution < 1.29 is 65.9 Å². The van der Waals surface area contributed by atoms with E-state index in [1.54, 1.807) is 12.1 Å². The largest absolute Gasteiger partial charge is 1.00 e. The van der Waals surface area contributed by atoms with Crippen LogP contribution in [0.4, 0.5) is 0 Å². The minimum Gasteiger partial charge on any atom is -0.790 e. The molecule has 0 heterocycles. The maximum absolute atomic E-state index is 11.3. The number of unbranched alkanes of at least 4 members (excludes halogenated alkanes) is 18. The molecular weight excluding hydrogens is 632 g/mol. The second-order valence-corrected chi connectivity index (χ2v) is 16.1. The van der Waals surface area contributed by atoms with Gasteiger partial charge in [-0.15, -0.1) is 0 Å². The molecule has 0 bridgehead atoms. The van der Waals surface area contributed by atoms with Crippen LogP contribution in [0.25, 0.3) is 0 Å². The summed E-state index contributed by atoms with van der Waals surface area (Å²) in [5.74, 6) is 0. The van der Waals surface area contributed by atoms with Gasteiger partial charge in [-0.3, -0.25) is 4.55 Å². The first-order valence-electron chi connectivity index (χ1n) is 17.8. The fraction of sp³-hybridized carbons (Fsp3) is 0.829. The van der Waals surface area contributed by atoms with E-state index < -0.39 is 24.0 Å². The van der Waals surface area contributed by atoms with Crippen LogP contribution < -0.4 is 39.3 Å². The molecule has 0 amide bonds. The van der Waals surface area contributed by atoms with Gasteiger partial charge in [-0.1, -0.05) is 154 Å². The molecule has 266 valence electrons. The first kappa shape index (κ1) is 48.3. The van der Waals surface area contributed by atoms with Crippen LogP contribution in [0.5, 0.6) is 0 Å². The van der Waals surface area contributed by atoms with Crippen LogP contribution in [0.3, 0.4) is 0 Å². The molecule has 0 radical (unpaired) electrons. The van der Waals surface area contributed by atoms with Gasteiger partial charge in [-0.05, 0) is 30.9 Å². The monoisotopic (exact) mass is 699 g/mol. The molecule has 0 aliphatic heterocycles. The van der Waals surface area contributed by atoms with Gasteiger partial charge < -0.3 is 23.4 Å². The third-order valence-corrected chi connectivity index (χ3v) is 9.47. The van der Waals surface area contributed by atoms with Crippen molar-refractivity contribution in [1.29, 1.82) is 0 Å². The summed E-state index contributed by atoms with van der Waals surface area (Å²) in [5, 5.41) is 0. The average Bonchev–Trinajstić information content (AvgIpc) is 2.93. The molecule has 0 saturated heterocycles. The van der Waals surface area contributed by atoms with Gasteiger partial charge in [-0.25, -0.2) is 0 Å². The first-order chi connectivity index (χ1) is 21.2.